The van der Waals surface area contributed by atoms with Gasteiger partial charge in [-0.15, -0.1) is 0 Å². The van der Waals surface area contributed by atoms with E-state index in [0.717, 1.165) is 0 Å². The second kappa shape index (κ2) is 7.36. The maximum absolute atomic E-state index is 9.15. The molecule has 104 valence electrons. The second-order valence-electron chi connectivity index (χ2n) is 3.37. The molecule has 4 N–H and O–H groups in total. The summed E-state index contributed by atoms with van der Waals surface area (Å²) in [7, 11) is -4.05. The minimum atomic E-state index is -4.05. The number of hydrogen-bond acceptors (Lipinski definition) is 8. The van der Waals surface area contributed by atoms with E-state index < -0.39 is 34.2 Å². The molecule has 0 spiro atoms. The van der Waals surface area contributed by atoms with Gasteiger partial charge in [0.1, 0.15) is 25.2 Å². The molecule has 0 amide bonds. The molecule has 0 aliphatic heterocycles. The Kier molecular flexibility index (Phi) is 7.31. The number of aliphatic hydroxyl groups excluding tert-OH is 4. The first kappa shape index (κ1) is 16.9. The summed E-state index contributed by atoms with van der Waals surface area (Å²) in [6.45, 7) is 5.07. The van der Waals surface area contributed by atoms with Crippen LogP contribution >= 0.6 is 0 Å². The van der Waals surface area contributed by atoms with Crippen LogP contribution in [0.2, 0.25) is 0 Å². The Balaban J connectivity index is 4.89. The average molecular weight is 272 g/mol. The molecular weight excluding hydrogens is 252 g/mol. The van der Waals surface area contributed by atoms with Crippen molar-refractivity contribution < 1.29 is 38.1 Å². The third-order valence-corrected chi connectivity index (χ3v) is 3.78. The first-order valence-electron chi connectivity index (χ1n) is 5.10. The Hall–Kier alpha value is -0.103. The van der Waals surface area contributed by atoms with E-state index in [2.05, 4.69) is 0 Å². The SMILES string of the molecule is CC(O)O[Si](OC(C)O)(OC(C)O)OC(C)O. The Morgan fingerprint density at radius 1 is 0.588 bits per heavy atom. The van der Waals surface area contributed by atoms with Crippen LogP contribution in [-0.2, 0) is 17.7 Å². The Labute approximate surface area is 101 Å². The zero-order valence-electron chi connectivity index (χ0n) is 10.2. The van der Waals surface area contributed by atoms with Crippen LogP contribution in [0.5, 0.6) is 0 Å². The van der Waals surface area contributed by atoms with Crippen LogP contribution in [0.25, 0.3) is 0 Å². The summed E-state index contributed by atoms with van der Waals surface area (Å²) in [5.41, 5.74) is 0. The van der Waals surface area contributed by atoms with Crippen LogP contribution in [0, 0.1) is 0 Å². The van der Waals surface area contributed by atoms with Gasteiger partial charge in [0.25, 0.3) is 0 Å². The zero-order chi connectivity index (χ0) is 13.6. The fraction of sp³-hybridized carbons (Fsp3) is 1.00. The monoisotopic (exact) mass is 272 g/mol. The third kappa shape index (κ3) is 7.75. The molecule has 0 fully saturated rings. The average Bonchev–Trinajstić information content (AvgIpc) is 1.95. The van der Waals surface area contributed by atoms with E-state index >= 15 is 0 Å². The van der Waals surface area contributed by atoms with Crippen molar-refractivity contribution in [2.75, 3.05) is 0 Å². The number of aliphatic hydroxyl groups is 4. The molecule has 0 heterocycles. The van der Waals surface area contributed by atoms with E-state index in [-0.39, 0.29) is 0 Å². The van der Waals surface area contributed by atoms with Gasteiger partial charge in [-0.3, -0.25) is 0 Å². The van der Waals surface area contributed by atoms with Crippen LogP contribution < -0.4 is 0 Å². The topological polar surface area (TPSA) is 118 Å². The van der Waals surface area contributed by atoms with Crippen molar-refractivity contribution in [3.63, 3.8) is 0 Å². The molecule has 0 rings (SSSR count). The molecule has 17 heavy (non-hydrogen) atoms. The van der Waals surface area contributed by atoms with Crippen molar-refractivity contribution in [3.8, 4) is 0 Å². The smallest absolute Gasteiger partial charge is 0.369 e. The van der Waals surface area contributed by atoms with E-state index in [1.54, 1.807) is 0 Å². The van der Waals surface area contributed by atoms with Gasteiger partial charge in [0.2, 0.25) is 0 Å². The zero-order valence-corrected chi connectivity index (χ0v) is 11.2. The minimum absolute atomic E-state index is 1.27. The Bertz CT molecular complexity index is 162. The standard InChI is InChI=1S/C8H20O8Si/c1-5(9)13-17(14-6(2)10,15-7(3)11)16-8(4)12/h5-12H,1-4H3. The molecule has 0 aliphatic rings. The molecular formula is C8H20O8Si. The molecule has 4 atom stereocenters. The fourth-order valence-corrected chi connectivity index (χ4v) is 3.01. The van der Waals surface area contributed by atoms with E-state index in [0.29, 0.717) is 0 Å². The van der Waals surface area contributed by atoms with Crippen molar-refractivity contribution in [2.45, 2.75) is 52.9 Å². The minimum Gasteiger partial charge on any atom is -0.369 e. The van der Waals surface area contributed by atoms with Gasteiger partial charge in [-0.05, 0) is 27.7 Å². The summed E-state index contributed by atoms with van der Waals surface area (Å²) < 4.78 is 19.7. The van der Waals surface area contributed by atoms with Gasteiger partial charge in [-0.2, -0.15) is 0 Å². The largest absolute Gasteiger partial charge is 0.687 e. The Morgan fingerprint density at radius 2 is 0.765 bits per heavy atom. The molecule has 0 aromatic rings. The molecule has 0 saturated carbocycles. The van der Waals surface area contributed by atoms with Gasteiger partial charge < -0.3 is 38.1 Å². The van der Waals surface area contributed by atoms with Crippen LogP contribution in [0.3, 0.4) is 0 Å². The molecule has 8 nitrogen and oxygen atoms in total. The van der Waals surface area contributed by atoms with Crippen molar-refractivity contribution >= 4 is 9.05 Å². The van der Waals surface area contributed by atoms with Gasteiger partial charge in [-0.1, -0.05) is 0 Å². The third-order valence-electron chi connectivity index (χ3n) is 1.26. The summed E-state index contributed by atoms with van der Waals surface area (Å²) in [5, 5.41) is 36.6. The molecule has 0 bridgehead atoms. The molecule has 0 radical (unpaired) electrons. The lowest BCUT2D eigenvalue weighted by molar-refractivity contribution is -0.206. The van der Waals surface area contributed by atoms with Gasteiger partial charge in [-0.25, -0.2) is 0 Å². The molecule has 9 heteroatoms. The normalized spacial score (nSPS) is 22.6. The molecule has 0 aliphatic carbocycles. The highest BCUT2D eigenvalue weighted by Crippen LogP contribution is 2.18. The highest BCUT2D eigenvalue weighted by molar-refractivity contribution is 6.53. The van der Waals surface area contributed by atoms with E-state index in [1.807, 2.05) is 0 Å². The maximum Gasteiger partial charge on any atom is 0.687 e. The van der Waals surface area contributed by atoms with E-state index in [1.165, 1.54) is 27.7 Å². The van der Waals surface area contributed by atoms with E-state index in [4.69, 9.17) is 38.1 Å². The molecule has 0 saturated heterocycles. The second-order valence-corrected chi connectivity index (χ2v) is 5.31. The predicted octanol–water partition coefficient (Wildman–Crippen LogP) is -1.16. The highest BCUT2D eigenvalue weighted by Gasteiger charge is 2.51. The highest BCUT2D eigenvalue weighted by atomic mass is 28.4. The molecule has 0 aromatic heterocycles. The summed E-state index contributed by atoms with van der Waals surface area (Å²) in [6.07, 6.45) is -5.29. The summed E-state index contributed by atoms with van der Waals surface area (Å²) in [4.78, 5) is 0. The van der Waals surface area contributed by atoms with E-state index in [9.17, 15) is 0 Å². The lowest BCUT2D eigenvalue weighted by Gasteiger charge is -2.31. The first-order chi connectivity index (χ1) is 7.67. The summed E-state index contributed by atoms with van der Waals surface area (Å²) in [5.74, 6) is 0. The predicted molar refractivity (Wildman–Crippen MR) is 56.8 cm³/mol. The first-order valence-corrected chi connectivity index (χ1v) is 6.73. The molecule has 0 aromatic carbocycles. The number of rotatable bonds is 8. The van der Waals surface area contributed by atoms with Crippen LogP contribution in [0.4, 0.5) is 0 Å². The van der Waals surface area contributed by atoms with Gasteiger partial charge in [0, 0.05) is 0 Å². The van der Waals surface area contributed by atoms with Crippen LogP contribution in [0.15, 0.2) is 0 Å². The van der Waals surface area contributed by atoms with Crippen molar-refractivity contribution in [1.82, 2.24) is 0 Å². The lowest BCUT2D eigenvalue weighted by Crippen LogP contribution is -2.55. The van der Waals surface area contributed by atoms with Gasteiger partial charge in [0.05, 0.1) is 0 Å². The van der Waals surface area contributed by atoms with Crippen molar-refractivity contribution in [3.05, 3.63) is 0 Å². The quantitative estimate of drug-likeness (QED) is 0.323. The van der Waals surface area contributed by atoms with Crippen molar-refractivity contribution in [1.29, 1.82) is 0 Å². The fourth-order valence-electron chi connectivity index (χ4n) is 1.00. The Morgan fingerprint density at radius 3 is 0.882 bits per heavy atom. The van der Waals surface area contributed by atoms with Gasteiger partial charge >= 0.3 is 9.05 Å². The van der Waals surface area contributed by atoms with Gasteiger partial charge in [0.15, 0.2) is 0 Å². The van der Waals surface area contributed by atoms with Crippen LogP contribution in [0.1, 0.15) is 27.7 Å². The summed E-state index contributed by atoms with van der Waals surface area (Å²) >= 11 is 0. The maximum atomic E-state index is 9.15. The lowest BCUT2D eigenvalue weighted by atomic mass is 10.8. The number of hydrogen-bond donors (Lipinski definition) is 4. The van der Waals surface area contributed by atoms with Crippen molar-refractivity contribution in [2.24, 2.45) is 0 Å². The van der Waals surface area contributed by atoms with Crippen LogP contribution in [-0.4, -0.2) is 54.6 Å². The summed E-state index contributed by atoms with van der Waals surface area (Å²) in [6, 6.07) is 0. The molecule has 4 unspecified atom stereocenters.